The predicted octanol–water partition coefficient (Wildman–Crippen LogP) is 4.09. The van der Waals surface area contributed by atoms with Gasteiger partial charge < -0.3 is 15.0 Å². The fourth-order valence-corrected chi connectivity index (χ4v) is 3.20. The average molecular weight is 369 g/mol. The number of ether oxygens (including phenoxy) is 1. The first-order valence-corrected chi connectivity index (χ1v) is 8.96. The van der Waals surface area contributed by atoms with Gasteiger partial charge in [0.05, 0.1) is 12.0 Å². The fraction of sp³-hybridized carbons (Fsp3) is 0.350. The fourth-order valence-electron chi connectivity index (χ4n) is 3.20. The van der Waals surface area contributed by atoms with Crippen LogP contribution < -0.4 is 15.0 Å². The van der Waals surface area contributed by atoms with Crippen molar-refractivity contribution in [3.05, 3.63) is 58.1 Å². The van der Waals surface area contributed by atoms with Crippen LogP contribution in [-0.2, 0) is 0 Å². The van der Waals surface area contributed by atoms with E-state index in [1.807, 2.05) is 24.3 Å². The molecule has 0 saturated carbocycles. The van der Waals surface area contributed by atoms with Gasteiger partial charge in [0.2, 0.25) is 0 Å². The molecule has 0 atom stereocenters. The molecule has 7 heteroatoms. The van der Waals surface area contributed by atoms with Crippen molar-refractivity contribution in [3.8, 4) is 5.75 Å². The van der Waals surface area contributed by atoms with E-state index in [4.69, 9.17) is 4.74 Å². The number of anilines is 2. The lowest BCUT2D eigenvalue weighted by atomic mass is 9.99. The Balaban J connectivity index is 1.69. The lowest BCUT2D eigenvalue weighted by Gasteiger charge is -2.32. The van der Waals surface area contributed by atoms with Crippen molar-refractivity contribution in [2.45, 2.75) is 19.8 Å². The van der Waals surface area contributed by atoms with Gasteiger partial charge in [-0.3, -0.25) is 14.9 Å². The van der Waals surface area contributed by atoms with Crippen LogP contribution in [0.25, 0.3) is 0 Å². The Labute approximate surface area is 158 Å². The van der Waals surface area contributed by atoms with Crippen LogP contribution in [0.1, 0.15) is 30.1 Å². The van der Waals surface area contributed by atoms with E-state index in [1.54, 1.807) is 0 Å². The number of benzene rings is 2. The van der Waals surface area contributed by atoms with Crippen LogP contribution in [0.4, 0.5) is 17.1 Å². The molecule has 1 heterocycles. The van der Waals surface area contributed by atoms with Crippen LogP contribution in [0, 0.1) is 16.0 Å². The van der Waals surface area contributed by atoms with Gasteiger partial charge in [-0.15, -0.1) is 0 Å². The van der Waals surface area contributed by atoms with E-state index >= 15 is 0 Å². The molecule has 1 aliphatic heterocycles. The Morgan fingerprint density at radius 1 is 1.19 bits per heavy atom. The molecule has 1 saturated heterocycles. The van der Waals surface area contributed by atoms with E-state index in [9.17, 15) is 14.9 Å². The molecule has 2 aromatic rings. The van der Waals surface area contributed by atoms with Crippen molar-refractivity contribution in [1.29, 1.82) is 0 Å². The summed E-state index contributed by atoms with van der Waals surface area (Å²) in [5.74, 6) is 0.491. The quantitative estimate of drug-likeness (QED) is 0.634. The van der Waals surface area contributed by atoms with Gasteiger partial charge in [-0.1, -0.05) is 6.92 Å². The van der Waals surface area contributed by atoms with Crippen molar-refractivity contribution in [2.24, 2.45) is 5.92 Å². The van der Waals surface area contributed by atoms with Crippen molar-refractivity contribution >= 4 is 23.0 Å². The highest BCUT2D eigenvalue weighted by Gasteiger charge is 2.19. The van der Waals surface area contributed by atoms with E-state index in [1.165, 1.54) is 38.2 Å². The van der Waals surface area contributed by atoms with Crippen LogP contribution in [0.3, 0.4) is 0 Å². The molecule has 2 aromatic carbocycles. The van der Waals surface area contributed by atoms with E-state index in [0.717, 1.165) is 24.7 Å². The number of carbonyl (C=O) groups is 1. The number of hydrogen-bond donors (Lipinski definition) is 1. The minimum absolute atomic E-state index is 0.122. The number of methoxy groups -OCH3 is 1. The summed E-state index contributed by atoms with van der Waals surface area (Å²) < 4.78 is 4.96. The summed E-state index contributed by atoms with van der Waals surface area (Å²) in [5, 5.41) is 13.9. The largest absolute Gasteiger partial charge is 0.490 e. The maximum Gasteiger partial charge on any atom is 0.311 e. The topological polar surface area (TPSA) is 84.7 Å². The lowest BCUT2D eigenvalue weighted by Crippen LogP contribution is -2.32. The molecule has 0 radical (unpaired) electrons. The Hall–Kier alpha value is -3.09. The third kappa shape index (κ3) is 4.36. The molecule has 0 aliphatic carbocycles. The van der Waals surface area contributed by atoms with Crippen LogP contribution in [0.2, 0.25) is 0 Å². The molecule has 3 rings (SSSR count). The number of nitro benzene ring substituents is 1. The second-order valence-electron chi connectivity index (χ2n) is 6.81. The van der Waals surface area contributed by atoms with E-state index in [0.29, 0.717) is 5.69 Å². The molecule has 0 aromatic heterocycles. The van der Waals surface area contributed by atoms with Gasteiger partial charge in [-0.2, -0.15) is 0 Å². The van der Waals surface area contributed by atoms with Gasteiger partial charge in [-0.25, -0.2) is 0 Å². The SMILES string of the molecule is COc1ccc(C(=O)Nc2ccc(N3CCC(C)CC3)cc2)cc1[N+](=O)[O-]. The maximum absolute atomic E-state index is 12.4. The van der Waals surface area contributed by atoms with Gasteiger partial charge in [-0.05, 0) is 55.2 Å². The van der Waals surface area contributed by atoms with Crippen molar-refractivity contribution in [3.63, 3.8) is 0 Å². The molecule has 27 heavy (non-hydrogen) atoms. The first-order chi connectivity index (χ1) is 13.0. The molecule has 0 unspecified atom stereocenters. The Kier molecular flexibility index (Phi) is 5.59. The second-order valence-corrected chi connectivity index (χ2v) is 6.81. The Bertz CT molecular complexity index is 828. The molecular weight excluding hydrogens is 346 g/mol. The first-order valence-electron chi connectivity index (χ1n) is 8.96. The first kappa shape index (κ1) is 18.7. The summed E-state index contributed by atoms with van der Waals surface area (Å²) in [7, 11) is 1.35. The summed E-state index contributed by atoms with van der Waals surface area (Å²) in [6, 6.07) is 11.8. The Morgan fingerprint density at radius 3 is 2.44 bits per heavy atom. The third-order valence-corrected chi connectivity index (χ3v) is 4.91. The van der Waals surface area contributed by atoms with Crippen molar-refractivity contribution in [1.82, 2.24) is 0 Å². The molecule has 1 aliphatic rings. The molecular formula is C20H23N3O4. The molecule has 1 N–H and O–H groups in total. The van der Waals surface area contributed by atoms with Crippen molar-refractivity contribution in [2.75, 3.05) is 30.4 Å². The van der Waals surface area contributed by atoms with Gasteiger partial charge in [0.1, 0.15) is 0 Å². The number of rotatable bonds is 5. The molecule has 1 amide bonds. The number of amides is 1. The Morgan fingerprint density at radius 2 is 1.85 bits per heavy atom. The van der Waals surface area contributed by atoms with E-state index in [-0.39, 0.29) is 17.0 Å². The summed E-state index contributed by atoms with van der Waals surface area (Å²) >= 11 is 0. The molecule has 0 bridgehead atoms. The highest BCUT2D eigenvalue weighted by atomic mass is 16.6. The average Bonchev–Trinajstić information content (AvgIpc) is 2.68. The van der Waals surface area contributed by atoms with Gasteiger partial charge >= 0.3 is 5.69 Å². The summed E-state index contributed by atoms with van der Waals surface area (Å²) in [5.41, 5.74) is 1.75. The minimum atomic E-state index is -0.566. The minimum Gasteiger partial charge on any atom is -0.490 e. The number of carbonyl (C=O) groups excluding carboxylic acids is 1. The maximum atomic E-state index is 12.4. The summed E-state index contributed by atoms with van der Waals surface area (Å²) in [4.78, 5) is 25.3. The number of nitro groups is 1. The van der Waals surface area contributed by atoms with Crippen molar-refractivity contribution < 1.29 is 14.5 Å². The summed E-state index contributed by atoms with van der Waals surface area (Å²) in [6.45, 7) is 4.37. The second kappa shape index (κ2) is 8.07. The van der Waals surface area contributed by atoms with E-state index in [2.05, 4.69) is 17.1 Å². The zero-order valence-corrected chi connectivity index (χ0v) is 15.5. The zero-order valence-electron chi connectivity index (χ0n) is 15.5. The van der Waals surface area contributed by atoms with Gasteiger partial charge in [0.25, 0.3) is 5.91 Å². The number of piperidine rings is 1. The third-order valence-electron chi connectivity index (χ3n) is 4.91. The van der Waals surface area contributed by atoms with Crippen LogP contribution in [-0.4, -0.2) is 31.0 Å². The highest BCUT2D eigenvalue weighted by molar-refractivity contribution is 6.04. The number of hydrogen-bond acceptors (Lipinski definition) is 5. The van der Waals surface area contributed by atoms with Crippen LogP contribution in [0.15, 0.2) is 42.5 Å². The normalized spacial score (nSPS) is 14.7. The highest BCUT2D eigenvalue weighted by Crippen LogP contribution is 2.28. The smallest absolute Gasteiger partial charge is 0.311 e. The van der Waals surface area contributed by atoms with E-state index < -0.39 is 10.8 Å². The van der Waals surface area contributed by atoms with Gasteiger partial charge in [0.15, 0.2) is 5.75 Å². The monoisotopic (exact) mass is 369 g/mol. The molecule has 142 valence electrons. The number of nitrogens with zero attached hydrogens (tertiary/aromatic N) is 2. The number of nitrogens with one attached hydrogen (secondary N) is 1. The summed E-state index contributed by atoms with van der Waals surface area (Å²) in [6.07, 6.45) is 2.38. The molecule has 0 spiro atoms. The predicted molar refractivity (Wildman–Crippen MR) is 105 cm³/mol. The van der Waals surface area contributed by atoms with Crippen LogP contribution in [0.5, 0.6) is 5.75 Å². The van der Waals surface area contributed by atoms with Crippen LogP contribution >= 0.6 is 0 Å². The zero-order chi connectivity index (χ0) is 19.4. The standard InChI is InChI=1S/C20H23N3O4/c1-14-9-11-22(12-10-14)17-6-4-16(5-7-17)21-20(24)15-3-8-19(27-2)18(13-15)23(25)26/h3-8,13-14H,9-12H2,1-2H3,(H,21,24). The molecule has 7 nitrogen and oxygen atoms in total. The van der Waals surface area contributed by atoms with Gasteiger partial charge in [0, 0.05) is 36.1 Å². The lowest BCUT2D eigenvalue weighted by molar-refractivity contribution is -0.385. The molecule has 1 fully saturated rings.